The Morgan fingerprint density at radius 2 is 1.79 bits per heavy atom. The summed E-state index contributed by atoms with van der Waals surface area (Å²) in [4.78, 5) is 29.7. The SMILES string of the molecule is CCCOc1ccc(C2/C(=C(\O)c3ccccc3OC)C(=O)C(=O)N2CCCN(C)C)cc1. The average molecular weight is 453 g/mol. The molecule has 1 N–H and O–H groups in total. The molecule has 1 atom stereocenters. The van der Waals surface area contributed by atoms with Crippen LogP contribution in [0.3, 0.4) is 0 Å². The van der Waals surface area contributed by atoms with Crippen LogP contribution in [-0.4, -0.2) is 67.5 Å². The Hall–Kier alpha value is -3.32. The minimum atomic E-state index is -0.697. The molecule has 2 aromatic rings. The number of nitrogens with zero attached hydrogens (tertiary/aromatic N) is 2. The maximum atomic E-state index is 13.1. The van der Waals surface area contributed by atoms with E-state index < -0.39 is 17.7 Å². The molecular formula is C26H32N2O5. The van der Waals surface area contributed by atoms with E-state index in [0.29, 0.717) is 30.9 Å². The second-order valence-electron chi connectivity index (χ2n) is 8.27. The molecule has 0 radical (unpaired) electrons. The van der Waals surface area contributed by atoms with E-state index in [2.05, 4.69) is 0 Å². The molecule has 1 fully saturated rings. The van der Waals surface area contributed by atoms with Gasteiger partial charge in [0.05, 0.1) is 30.9 Å². The molecular weight excluding hydrogens is 420 g/mol. The number of likely N-dealkylation sites (tertiary alicyclic amines) is 1. The lowest BCUT2D eigenvalue weighted by Crippen LogP contribution is -2.32. The van der Waals surface area contributed by atoms with Crippen molar-refractivity contribution in [3.63, 3.8) is 0 Å². The average Bonchev–Trinajstić information content (AvgIpc) is 3.07. The lowest BCUT2D eigenvalue weighted by molar-refractivity contribution is -0.139. The van der Waals surface area contributed by atoms with Gasteiger partial charge in [-0.25, -0.2) is 0 Å². The van der Waals surface area contributed by atoms with Gasteiger partial charge in [0.25, 0.3) is 11.7 Å². The molecule has 0 aromatic heterocycles. The molecule has 33 heavy (non-hydrogen) atoms. The number of ether oxygens (including phenoxy) is 2. The summed E-state index contributed by atoms with van der Waals surface area (Å²) >= 11 is 0. The molecule has 176 valence electrons. The van der Waals surface area contributed by atoms with E-state index in [1.54, 1.807) is 29.2 Å². The lowest BCUT2D eigenvalue weighted by atomic mass is 9.95. The Morgan fingerprint density at radius 3 is 2.42 bits per heavy atom. The first-order valence-corrected chi connectivity index (χ1v) is 11.2. The number of hydrogen-bond donors (Lipinski definition) is 1. The van der Waals surface area contributed by atoms with Crippen LogP contribution >= 0.6 is 0 Å². The summed E-state index contributed by atoms with van der Waals surface area (Å²) in [6.07, 6.45) is 1.59. The fourth-order valence-corrected chi connectivity index (χ4v) is 3.97. The number of benzene rings is 2. The number of hydrogen-bond acceptors (Lipinski definition) is 6. The summed E-state index contributed by atoms with van der Waals surface area (Å²) in [5, 5.41) is 11.2. The van der Waals surface area contributed by atoms with Crippen molar-refractivity contribution in [2.24, 2.45) is 0 Å². The normalized spacial score (nSPS) is 17.6. The second-order valence-corrected chi connectivity index (χ2v) is 8.27. The third-order valence-electron chi connectivity index (χ3n) is 5.58. The highest BCUT2D eigenvalue weighted by atomic mass is 16.5. The topological polar surface area (TPSA) is 79.3 Å². The van der Waals surface area contributed by atoms with Gasteiger partial charge in [0, 0.05) is 6.54 Å². The smallest absolute Gasteiger partial charge is 0.295 e. The van der Waals surface area contributed by atoms with E-state index in [-0.39, 0.29) is 11.3 Å². The highest BCUT2D eigenvalue weighted by Gasteiger charge is 2.46. The van der Waals surface area contributed by atoms with Crippen LogP contribution in [0.5, 0.6) is 11.5 Å². The van der Waals surface area contributed by atoms with Crippen molar-refractivity contribution in [3.8, 4) is 11.5 Å². The molecule has 2 aromatic carbocycles. The van der Waals surface area contributed by atoms with Gasteiger partial charge in [-0.3, -0.25) is 9.59 Å². The first-order valence-electron chi connectivity index (χ1n) is 11.2. The molecule has 3 rings (SSSR count). The zero-order chi connectivity index (χ0) is 24.0. The molecule has 1 aliphatic rings. The number of ketones is 1. The van der Waals surface area contributed by atoms with Crippen molar-refractivity contribution in [2.75, 3.05) is 40.9 Å². The molecule has 0 bridgehead atoms. The predicted molar refractivity (Wildman–Crippen MR) is 127 cm³/mol. The van der Waals surface area contributed by atoms with Gasteiger partial charge in [0.2, 0.25) is 0 Å². The molecule has 1 aliphatic heterocycles. The molecule has 0 saturated carbocycles. The van der Waals surface area contributed by atoms with Crippen LogP contribution in [0.25, 0.3) is 5.76 Å². The summed E-state index contributed by atoms with van der Waals surface area (Å²) in [5.74, 6) is -0.399. The first-order chi connectivity index (χ1) is 15.9. The van der Waals surface area contributed by atoms with E-state index >= 15 is 0 Å². The molecule has 1 heterocycles. The molecule has 1 amide bonds. The number of amides is 1. The quantitative estimate of drug-likeness (QED) is 0.335. The minimum Gasteiger partial charge on any atom is -0.507 e. The van der Waals surface area contributed by atoms with Crippen molar-refractivity contribution in [1.29, 1.82) is 0 Å². The van der Waals surface area contributed by atoms with Crippen LogP contribution in [0, 0.1) is 0 Å². The molecule has 7 heteroatoms. The van der Waals surface area contributed by atoms with Gasteiger partial charge >= 0.3 is 0 Å². The lowest BCUT2D eigenvalue weighted by Gasteiger charge is -2.26. The Labute approximate surface area is 195 Å². The summed E-state index contributed by atoms with van der Waals surface area (Å²) < 4.78 is 11.1. The van der Waals surface area contributed by atoms with Crippen LogP contribution in [0.4, 0.5) is 0 Å². The second kappa shape index (κ2) is 11.0. The standard InChI is InChI=1S/C26H32N2O5/c1-5-17-33-19-13-11-18(12-14-19)23-22(24(29)20-9-6-7-10-21(20)32-4)25(30)26(31)28(23)16-8-15-27(2)3/h6-7,9-14,23,29H,5,8,15-17H2,1-4H3/b24-22+. The van der Waals surface area contributed by atoms with Crippen LogP contribution in [0.1, 0.15) is 36.9 Å². The van der Waals surface area contributed by atoms with Crippen LogP contribution in [0.15, 0.2) is 54.1 Å². The summed E-state index contributed by atoms with van der Waals surface area (Å²) in [7, 11) is 5.42. The number of methoxy groups -OCH3 is 1. The molecule has 0 aliphatic carbocycles. The van der Waals surface area contributed by atoms with Crippen LogP contribution in [-0.2, 0) is 9.59 Å². The van der Waals surface area contributed by atoms with Crippen LogP contribution in [0.2, 0.25) is 0 Å². The minimum absolute atomic E-state index is 0.0663. The summed E-state index contributed by atoms with van der Waals surface area (Å²) in [6, 6.07) is 13.6. The van der Waals surface area contributed by atoms with Crippen molar-refractivity contribution in [1.82, 2.24) is 9.80 Å². The van der Waals surface area contributed by atoms with E-state index in [1.165, 1.54) is 7.11 Å². The molecule has 1 unspecified atom stereocenters. The Balaban J connectivity index is 2.07. The summed E-state index contributed by atoms with van der Waals surface area (Å²) in [5.41, 5.74) is 1.18. The van der Waals surface area contributed by atoms with Gasteiger partial charge in [-0.15, -0.1) is 0 Å². The number of para-hydroxylation sites is 1. The van der Waals surface area contributed by atoms with E-state index in [9.17, 15) is 14.7 Å². The maximum Gasteiger partial charge on any atom is 0.295 e. The van der Waals surface area contributed by atoms with Crippen molar-refractivity contribution in [2.45, 2.75) is 25.8 Å². The monoisotopic (exact) mass is 452 g/mol. The van der Waals surface area contributed by atoms with Crippen LogP contribution < -0.4 is 9.47 Å². The Kier molecular flexibility index (Phi) is 8.11. The first kappa shape index (κ1) is 24.3. The highest BCUT2D eigenvalue weighted by Crippen LogP contribution is 2.41. The van der Waals surface area contributed by atoms with Gasteiger partial charge < -0.3 is 24.4 Å². The number of carbonyl (C=O) groups excluding carboxylic acids is 2. The maximum absolute atomic E-state index is 13.1. The van der Waals surface area contributed by atoms with Gasteiger partial charge in [-0.05, 0) is 63.3 Å². The number of aliphatic hydroxyl groups is 1. The largest absolute Gasteiger partial charge is 0.507 e. The molecule has 1 saturated heterocycles. The number of aliphatic hydroxyl groups excluding tert-OH is 1. The number of Topliss-reactive ketones (excluding diaryl/α,β-unsaturated/α-hetero) is 1. The fourth-order valence-electron chi connectivity index (χ4n) is 3.97. The highest BCUT2D eigenvalue weighted by molar-refractivity contribution is 6.46. The van der Waals surface area contributed by atoms with Crippen molar-refractivity contribution >= 4 is 17.4 Å². The van der Waals surface area contributed by atoms with Gasteiger partial charge in [0.1, 0.15) is 17.3 Å². The Bertz CT molecular complexity index is 1010. The third kappa shape index (κ3) is 5.37. The number of carbonyl (C=O) groups is 2. The zero-order valence-corrected chi connectivity index (χ0v) is 19.7. The van der Waals surface area contributed by atoms with E-state index in [0.717, 1.165) is 24.3 Å². The van der Waals surface area contributed by atoms with Gasteiger partial charge in [-0.1, -0.05) is 31.2 Å². The zero-order valence-electron chi connectivity index (χ0n) is 19.7. The van der Waals surface area contributed by atoms with Gasteiger partial charge in [0.15, 0.2) is 0 Å². The molecule has 7 nitrogen and oxygen atoms in total. The van der Waals surface area contributed by atoms with Crippen molar-refractivity contribution in [3.05, 3.63) is 65.2 Å². The molecule has 0 spiro atoms. The van der Waals surface area contributed by atoms with Gasteiger partial charge in [-0.2, -0.15) is 0 Å². The van der Waals surface area contributed by atoms with E-state index in [4.69, 9.17) is 9.47 Å². The summed E-state index contributed by atoms with van der Waals surface area (Å²) in [6.45, 7) is 3.81. The van der Waals surface area contributed by atoms with Crippen molar-refractivity contribution < 1.29 is 24.2 Å². The fraction of sp³-hybridized carbons (Fsp3) is 0.385. The predicted octanol–water partition coefficient (Wildman–Crippen LogP) is 3.86. The third-order valence-corrected chi connectivity index (χ3v) is 5.58. The Morgan fingerprint density at radius 1 is 1.09 bits per heavy atom. The number of rotatable bonds is 10. The van der Waals surface area contributed by atoms with E-state index in [1.807, 2.05) is 50.2 Å².